The number of pyridine rings is 1. The number of esters is 1. The molecule has 0 radical (unpaired) electrons. The highest BCUT2D eigenvalue weighted by atomic mass is 16.5. The van der Waals surface area contributed by atoms with Crippen molar-refractivity contribution in [3.05, 3.63) is 53.1 Å². The number of ether oxygens (including phenoxy) is 1. The molecule has 0 unspecified atom stereocenters. The number of fused-ring (bicyclic) bond motifs is 1. The molecule has 3 rings (SSSR count). The van der Waals surface area contributed by atoms with Gasteiger partial charge in [-0.05, 0) is 50.6 Å². The zero-order valence-electron chi connectivity index (χ0n) is 16.3. The average Bonchev–Trinajstić information content (AvgIpc) is 3.08. The third kappa shape index (κ3) is 4.36. The lowest BCUT2D eigenvalue weighted by atomic mass is 10.2. The Morgan fingerprint density at radius 3 is 2.68 bits per heavy atom. The standard InChI is InChI=1S/C21H24N4O3/c1-4-6-7-19-24-16-10-8-14(12-18(16)25-19)23-20(26)17-11-9-15(13(3)22-17)21(27)28-5-2/h8-12H,4-7H2,1-3H3,(H,23,26)(H,24,25). The van der Waals surface area contributed by atoms with E-state index in [2.05, 4.69) is 27.2 Å². The number of amides is 1. The van der Waals surface area contributed by atoms with Crippen LogP contribution in [0.15, 0.2) is 30.3 Å². The molecule has 0 saturated heterocycles. The van der Waals surface area contributed by atoms with E-state index in [0.29, 0.717) is 16.9 Å². The van der Waals surface area contributed by atoms with Crippen molar-refractivity contribution in [2.45, 2.75) is 40.0 Å². The van der Waals surface area contributed by atoms with Gasteiger partial charge in [-0.25, -0.2) is 14.8 Å². The number of anilines is 1. The fraction of sp³-hybridized carbons (Fsp3) is 0.333. The number of hydrogen-bond acceptors (Lipinski definition) is 5. The van der Waals surface area contributed by atoms with Crippen molar-refractivity contribution in [2.24, 2.45) is 0 Å². The first kappa shape index (κ1) is 19.5. The van der Waals surface area contributed by atoms with Gasteiger partial charge in [0.15, 0.2) is 0 Å². The number of nitrogens with zero attached hydrogens (tertiary/aromatic N) is 2. The van der Waals surface area contributed by atoms with Gasteiger partial charge in [0.2, 0.25) is 0 Å². The van der Waals surface area contributed by atoms with Crippen molar-refractivity contribution < 1.29 is 14.3 Å². The van der Waals surface area contributed by atoms with Crippen LogP contribution in [0.25, 0.3) is 11.0 Å². The molecule has 7 nitrogen and oxygen atoms in total. The molecule has 146 valence electrons. The van der Waals surface area contributed by atoms with Gasteiger partial charge in [0.1, 0.15) is 11.5 Å². The lowest BCUT2D eigenvalue weighted by Crippen LogP contribution is -2.16. The highest BCUT2D eigenvalue weighted by molar-refractivity contribution is 6.04. The SMILES string of the molecule is CCCCc1nc2ccc(NC(=O)c3ccc(C(=O)OCC)c(C)n3)cc2[nH]1. The summed E-state index contributed by atoms with van der Waals surface area (Å²) in [6.45, 7) is 5.85. The predicted molar refractivity (Wildman–Crippen MR) is 108 cm³/mol. The number of carbonyl (C=O) groups is 2. The number of H-pyrrole nitrogens is 1. The molecule has 0 atom stereocenters. The molecule has 0 fully saturated rings. The molecule has 2 heterocycles. The number of rotatable bonds is 7. The fourth-order valence-electron chi connectivity index (χ4n) is 2.91. The van der Waals surface area contributed by atoms with Crippen LogP contribution in [0.2, 0.25) is 0 Å². The van der Waals surface area contributed by atoms with Gasteiger partial charge in [0, 0.05) is 12.1 Å². The van der Waals surface area contributed by atoms with E-state index in [1.807, 2.05) is 18.2 Å². The Hall–Kier alpha value is -3.22. The fourth-order valence-corrected chi connectivity index (χ4v) is 2.91. The van der Waals surface area contributed by atoms with Crippen molar-refractivity contribution in [3.8, 4) is 0 Å². The first-order valence-corrected chi connectivity index (χ1v) is 9.46. The molecule has 1 aromatic carbocycles. The molecule has 0 spiro atoms. The number of hydrogen-bond donors (Lipinski definition) is 2. The minimum Gasteiger partial charge on any atom is -0.462 e. The molecule has 0 aliphatic carbocycles. The summed E-state index contributed by atoms with van der Waals surface area (Å²) >= 11 is 0. The van der Waals surface area contributed by atoms with Crippen LogP contribution >= 0.6 is 0 Å². The number of aromatic amines is 1. The van der Waals surface area contributed by atoms with E-state index in [9.17, 15) is 9.59 Å². The van der Waals surface area contributed by atoms with E-state index in [1.54, 1.807) is 19.9 Å². The van der Waals surface area contributed by atoms with Crippen molar-refractivity contribution in [3.63, 3.8) is 0 Å². The minimum absolute atomic E-state index is 0.235. The van der Waals surface area contributed by atoms with Gasteiger partial charge < -0.3 is 15.0 Å². The maximum Gasteiger partial charge on any atom is 0.339 e. The summed E-state index contributed by atoms with van der Waals surface area (Å²) in [6.07, 6.45) is 3.10. The van der Waals surface area contributed by atoms with Crippen molar-refractivity contribution >= 4 is 28.6 Å². The smallest absolute Gasteiger partial charge is 0.339 e. The number of aryl methyl sites for hydroxylation is 2. The number of aromatic nitrogens is 3. The molecule has 28 heavy (non-hydrogen) atoms. The average molecular weight is 380 g/mol. The van der Waals surface area contributed by atoms with Crippen molar-refractivity contribution in [1.29, 1.82) is 0 Å². The van der Waals surface area contributed by atoms with Gasteiger partial charge in [0.25, 0.3) is 5.91 Å². The molecule has 0 bridgehead atoms. The van der Waals surface area contributed by atoms with E-state index >= 15 is 0 Å². The van der Waals surface area contributed by atoms with Gasteiger partial charge in [0.05, 0.1) is 28.9 Å². The molecule has 2 aromatic heterocycles. The molecule has 2 N–H and O–H groups in total. The molecular weight excluding hydrogens is 356 g/mol. The summed E-state index contributed by atoms with van der Waals surface area (Å²) in [5, 5.41) is 2.84. The molecule has 3 aromatic rings. The maximum absolute atomic E-state index is 12.5. The molecule has 0 saturated carbocycles. The van der Waals surface area contributed by atoms with Crippen molar-refractivity contribution in [2.75, 3.05) is 11.9 Å². The molecule has 0 aliphatic heterocycles. The predicted octanol–water partition coefficient (Wildman–Crippen LogP) is 4.04. The van der Waals surface area contributed by atoms with E-state index in [0.717, 1.165) is 36.1 Å². The zero-order valence-corrected chi connectivity index (χ0v) is 16.3. The molecule has 7 heteroatoms. The largest absolute Gasteiger partial charge is 0.462 e. The molecular formula is C21H24N4O3. The van der Waals surface area contributed by atoms with Crippen LogP contribution in [0.1, 0.15) is 59.1 Å². The quantitative estimate of drug-likeness (QED) is 0.603. The first-order valence-electron chi connectivity index (χ1n) is 9.46. The van der Waals surface area contributed by atoms with Gasteiger partial charge in [-0.1, -0.05) is 13.3 Å². The van der Waals surface area contributed by atoms with Crippen LogP contribution < -0.4 is 5.32 Å². The maximum atomic E-state index is 12.5. The number of unbranched alkanes of at least 4 members (excludes halogenated alkanes) is 1. The normalized spacial score (nSPS) is 10.8. The van der Waals surface area contributed by atoms with Crippen LogP contribution in [0, 0.1) is 6.92 Å². The van der Waals surface area contributed by atoms with Gasteiger partial charge in [-0.2, -0.15) is 0 Å². The summed E-state index contributed by atoms with van der Waals surface area (Å²) in [5.74, 6) is 0.166. The summed E-state index contributed by atoms with van der Waals surface area (Å²) in [7, 11) is 0. The van der Waals surface area contributed by atoms with Crippen molar-refractivity contribution in [1.82, 2.24) is 15.0 Å². The number of imidazole rings is 1. The lowest BCUT2D eigenvalue weighted by Gasteiger charge is -2.08. The van der Waals surface area contributed by atoms with Gasteiger partial charge in [-0.3, -0.25) is 4.79 Å². The van der Waals surface area contributed by atoms with E-state index < -0.39 is 5.97 Å². The Bertz CT molecular complexity index is 1010. The Kier molecular flexibility index (Phi) is 6.03. The monoisotopic (exact) mass is 380 g/mol. The van der Waals surface area contributed by atoms with Crippen LogP contribution in [0.3, 0.4) is 0 Å². The highest BCUT2D eigenvalue weighted by Crippen LogP contribution is 2.19. The second kappa shape index (κ2) is 8.65. The van der Waals surface area contributed by atoms with Crippen LogP contribution in [0.5, 0.6) is 0 Å². The minimum atomic E-state index is -0.442. The third-order valence-electron chi connectivity index (χ3n) is 4.37. The van der Waals surface area contributed by atoms with Crippen LogP contribution in [0.4, 0.5) is 5.69 Å². The van der Waals surface area contributed by atoms with E-state index in [4.69, 9.17) is 4.74 Å². The van der Waals surface area contributed by atoms with Gasteiger partial charge >= 0.3 is 5.97 Å². The first-order chi connectivity index (χ1) is 13.5. The summed E-state index contributed by atoms with van der Waals surface area (Å²) in [6, 6.07) is 8.62. The zero-order chi connectivity index (χ0) is 20.1. The molecule has 1 amide bonds. The second-order valence-corrected chi connectivity index (χ2v) is 6.52. The number of benzene rings is 1. The van der Waals surface area contributed by atoms with Crippen LogP contribution in [-0.4, -0.2) is 33.4 Å². The Balaban J connectivity index is 1.75. The Morgan fingerprint density at radius 1 is 1.14 bits per heavy atom. The summed E-state index contributed by atoms with van der Waals surface area (Å²) in [4.78, 5) is 36.5. The Labute approximate surface area is 163 Å². The summed E-state index contributed by atoms with van der Waals surface area (Å²) in [5.41, 5.74) is 3.45. The Morgan fingerprint density at radius 2 is 1.96 bits per heavy atom. The van der Waals surface area contributed by atoms with Gasteiger partial charge in [-0.15, -0.1) is 0 Å². The number of carbonyl (C=O) groups excluding carboxylic acids is 2. The molecule has 0 aliphatic rings. The second-order valence-electron chi connectivity index (χ2n) is 6.52. The third-order valence-corrected chi connectivity index (χ3v) is 4.37. The van der Waals surface area contributed by atoms with E-state index in [1.165, 1.54) is 6.07 Å². The number of nitrogens with one attached hydrogen (secondary N) is 2. The lowest BCUT2D eigenvalue weighted by molar-refractivity contribution is 0.0524. The topological polar surface area (TPSA) is 97.0 Å². The van der Waals surface area contributed by atoms with E-state index in [-0.39, 0.29) is 18.2 Å². The summed E-state index contributed by atoms with van der Waals surface area (Å²) < 4.78 is 4.98. The van der Waals surface area contributed by atoms with Crippen LogP contribution in [-0.2, 0) is 11.2 Å². The highest BCUT2D eigenvalue weighted by Gasteiger charge is 2.15.